The summed E-state index contributed by atoms with van der Waals surface area (Å²) in [7, 11) is 0. The number of pyridine rings is 1. The van der Waals surface area contributed by atoms with E-state index >= 15 is 0 Å². The number of rotatable bonds is 0. The maximum Gasteiger partial charge on any atom is 0.157 e. The first-order valence-electron chi connectivity index (χ1n) is 7.44. The average Bonchev–Trinajstić information content (AvgIpc) is 2.95. The molecule has 0 aliphatic carbocycles. The van der Waals surface area contributed by atoms with Crippen molar-refractivity contribution in [1.29, 1.82) is 0 Å². The van der Waals surface area contributed by atoms with Gasteiger partial charge in [-0.3, -0.25) is 4.98 Å². The molecule has 3 heteroatoms. The normalized spacial score (nSPS) is 21.3. The molecule has 2 aliphatic rings. The van der Waals surface area contributed by atoms with Gasteiger partial charge in [-0.05, 0) is 23.8 Å². The number of nitrogens with one attached hydrogen (secondary N) is 1. The van der Waals surface area contributed by atoms with Crippen LogP contribution in [0.2, 0.25) is 0 Å². The van der Waals surface area contributed by atoms with Gasteiger partial charge in [0.05, 0.1) is 11.7 Å². The van der Waals surface area contributed by atoms with Gasteiger partial charge in [-0.1, -0.05) is 36.4 Å². The highest BCUT2D eigenvalue weighted by Crippen LogP contribution is 2.49. The average molecular weight is 286 g/mol. The zero-order valence-corrected chi connectivity index (χ0v) is 11.9. The topological polar surface area (TPSA) is 34.2 Å². The Morgan fingerprint density at radius 2 is 1.95 bits per heavy atom. The molecular formula is C19H14N2O. The quantitative estimate of drug-likeness (QED) is 0.681. The molecule has 1 N–H and O–H groups in total. The van der Waals surface area contributed by atoms with E-state index in [1.54, 1.807) is 6.26 Å². The van der Waals surface area contributed by atoms with E-state index in [4.69, 9.17) is 4.74 Å². The Morgan fingerprint density at radius 3 is 2.95 bits per heavy atom. The van der Waals surface area contributed by atoms with Gasteiger partial charge in [0.15, 0.2) is 5.75 Å². The van der Waals surface area contributed by atoms with Gasteiger partial charge in [0, 0.05) is 29.4 Å². The second-order valence-corrected chi connectivity index (χ2v) is 5.81. The summed E-state index contributed by atoms with van der Waals surface area (Å²) < 4.78 is 5.87. The third kappa shape index (κ3) is 1.38. The van der Waals surface area contributed by atoms with E-state index < -0.39 is 0 Å². The van der Waals surface area contributed by atoms with E-state index in [1.807, 2.05) is 12.3 Å². The van der Waals surface area contributed by atoms with Gasteiger partial charge >= 0.3 is 0 Å². The Kier molecular flexibility index (Phi) is 2.20. The Hall–Kier alpha value is -2.81. The maximum absolute atomic E-state index is 5.87. The lowest BCUT2D eigenvalue weighted by Crippen LogP contribution is -2.30. The molecule has 3 aromatic rings. The van der Waals surface area contributed by atoms with Crippen LogP contribution in [-0.2, 0) is 5.41 Å². The van der Waals surface area contributed by atoms with Crippen molar-refractivity contribution in [1.82, 2.24) is 4.98 Å². The predicted octanol–water partition coefficient (Wildman–Crippen LogP) is 3.85. The molecule has 2 aromatic carbocycles. The zero-order chi connectivity index (χ0) is 14.6. The number of ether oxygens (including phenoxy) is 1. The first-order valence-corrected chi connectivity index (χ1v) is 7.44. The van der Waals surface area contributed by atoms with Gasteiger partial charge in [-0.25, -0.2) is 0 Å². The first kappa shape index (κ1) is 11.8. The van der Waals surface area contributed by atoms with Crippen LogP contribution in [-0.4, -0.2) is 11.5 Å². The van der Waals surface area contributed by atoms with Crippen LogP contribution in [0.25, 0.3) is 10.9 Å². The van der Waals surface area contributed by atoms with E-state index in [-0.39, 0.29) is 5.41 Å². The second kappa shape index (κ2) is 4.10. The van der Waals surface area contributed by atoms with Crippen molar-refractivity contribution in [2.45, 2.75) is 5.41 Å². The summed E-state index contributed by atoms with van der Waals surface area (Å²) >= 11 is 0. The molecule has 0 bridgehead atoms. The highest BCUT2D eigenvalue weighted by atomic mass is 16.5. The lowest BCUT2D eigenvalue weighted by molar-refractivity contribution is 0.442. The molecule has 106 valence electrons. The molecule has 1 atom stereocenters. The van der Waals surface area contributed by atoms with Gasteiger partial charge in [-0.2, -0.15) is 0 Å². The van der Waals surface area contributed by atoms with Crippen molar-refractivity contribution in [2.24, 2.45) is 0 Å². The molecule has 2 aliphatic heterocycles. The molecule has 0 saturated carbocycles. The molecule has 3 nitrogen and oxygen atoms in total. The van der Waals surface area contributed by atoms with Crippen LogP contribution < -0.4 is 10.1 Å². The van der Waals surface area contributed by atoms with Crippen LogP contribution in [0.3, 0.4) is 0 Å². The summed E-state index contributed by atoms with van der Waals surface area (Å²) in [6, 6.07) is 16.8. The van der Waals surface area contributed by atoms with Crippen LogP contribution in [0.4, 0.5) is 5.69 Å². The van der Waals surface area contributed by atoms with Crippen LogP contribution in [0.15, 0.2) is 67.1 Å². The Balaban J connectivity index is 1.84. The molecule has 5 rings (SSSR count). The van der Waals surface area contributed by atoms with Crippen molar-refractivity contribution in [3.05, 3.63) is 78.2 Å². The van der Waals surface area contributed by atoms with Crippen LogP contribution >= 0.6 is 0 Å². The second-order valence-electron chi connectivity index (χ2n) is 5.81. The fraction of sp³-hybridized carbons (Fsp3) is 0.105. The smallest absolute Gasteiger partial charge is 0.157 e. The Labute approximate surface area is 128 Å². The molecule has 0 fully saturated rings. The van der Waals surface area contributed by atoms with Crippen molar-refractivity contribution in [3.8, 4) is 5.75 Å². The monoisotopic (exact) mass is 286 g/mol. The Morgan fingerprint density at radius 1 is 1.00 bits per heavy atom. The van der Waals surface area contributed by atoms with E-state index in [2.05, 4.69) is 58.8 Å². The van der Waals surface area contributed by atoms with Crippen molar-refractivity contribution in [3.63, 3.8) is 0 Å². The number of fused-ring (bicyclic) bond motifs is 6. The summed E-state index contributed by atoms with van der Waals surface area (Å²) in [6.07, 6.45) is 5.78. The highest BCUT2D eigenvalue weighted by molar-refractivity contribution is 5.88. The van der Waals surface area contributed by atoms with Crippen molar-refractivity contribution < 1.29 is 4.74 Å². The minimum absolute atomic E-state index is 0.171. The summed E-state index contributed by atoms with van der Waals surface area (Å²) in [6.45, 7) is 0.845. The van der Waals surface area contributed by atoms with E-state index in [0.717, 1.165) is 23.2 Å². The van der Waals surface area contributed by atoms with E-state index in [9.17, 15) is 0 Å². The van der Waals surface area contributed by atoms with Gasteiger partial charge in [-0.15, -0.1) is 0 Å². The number of para-hydroxylation sites is 1. The lowest BCUT2D eigenvalue weighted by Gasteiger charge is -2.31. The summed E-state index contributed by atoms with van der Waals surface area (Å²) in [5, 5.41) is 4.63. The first-order chi connectivity index (χ1) is 10.9. The number of anilines is 1. The minimum Gasteiger partial charge on any atom is -0.463 e. The van der Waals surface area contributed by atoms with Gasteiger partial charge < -0.3 is 10.1 Å². The largest absolute Gasteiger partial charge is 0.463 e. The van der Waals surface area contributed by atoms with E-state index in [0.29, 0.717) is 0 Å². The predicted molar refractivity (Wildman–Crippen MR) is 87.2 cm³/mol. The number of benzene rings is 2. The van der Waals surface area contributed by atoms with Crippen molar-refractivity contribution in [2.75, 3.05) is 11.9 Å². The number of nitrogens with zero attached hydrogens (tertiary/aromatic N) is 1. The lowest BCUT2D eigenvalue weighted by atomic mass is 9.74. The number of hydrogen-bond donors (Lipinski definition) is 1. The molecule has 1 aromatic heterocycles. The summed E-state index contributed by atoms with van der Waals surface area (Å²) in [5.74, 6) is 0.874. The van der Waals surface area contributed by atoms with Gasteiger partial charge in [0.2, 0.25) is 0 Å². The SMILES string of the molecule is C1=CC2(CNc3ccccc32)c2ccc3cccnc3c2O1. The molecule has 1 spiro atoms. The fourth-order valence-corrected chi connectivity index (χ4v) is 3.64. The Bertz CT molecular complexity index is 932. The van der Waals surface area contributed by atoms with Crippen LogP contribution in [0.1, 0.15) is 11.1 Å². The number of hydrogen-bond acceptors (Lipinski definition) is 3. The maximum atomic E-state index is 5.87. The third-order valence-electron chi connectivity index (χ3n) is 4.71. The van der Waals surface area contributed by atoms with E-state index in [1.165, 1.54) is 16.8 Å². The molecular weight excluding hydrogens is 272 g/mol. The third-order valence-corrected chi connectivity index (χ3v) is 4.71. The highest BCUT2D eigenvalue weighted by Gasteiger charge is 2.42. The molecule has 0 amide bonds. The van der Waals surface area contributed by atoms with Crippen LogP contribution in [0, 0.1) is 0 Å². The van der Waals surface area contributed by atoms with Gasteiger partial charge in [0.25, 0.3) is 0 Å². The van der Waals surface area contributed by atoms with Crippen molar-refractivity contribution >= 4 is 16.6 Å². The minimum atomic E-state index is -0.171. The number of aromatic nitrogens is 1. The fourth-order valence-electron chi connectivity index (χ4n) is 3.64. The molecule has 22 heavy (non-hydrogen) atoms. The van der Waals surface area contributed by atoms with Gasteiger partial charge in [0.1, 0.15) is 5.52 Å². The molecule has 1 unspecified atom stereocenters. The zero-order valence-electron chi connectivity index (χ0n) is 11.9. The summed E-state index contributed by atoms with van der Waals surface area (Å²) in [4.78, 5) is 4.53. The standard InChI is InChI=1S/C19H14N2O/c1-2-6-16-14(5-1)19(12-21-16)9-11-22-18-15(19)8-7-13-4-3-10-20-17(13)18/h1-11,21H,12H2. The molecule has 0 saturated heterocycles. The summed E-state index contributed by atoms with van der Waals surface area (Å²) in [5.41, 5.74) is 4.43. The molecule has 0 radical (unpaired) electrons. The van der Waals surface area contributed by atoms with Crippen LogP contribution in [0.5, 0.6) is 5.75 Å². The molecule has 3 heterocycles.